The second-order valence-corrected chi connectivity index (χ2v) is 4.10. The van der Waals surface area contributed by atoms with Gasteiger partial charge >= 0.3 is 0 Å². The molecule has 6 heteroatoms. The van der Waals surface area contributed by atoms with Crippen LogP contribution in [0.3, 0.4) is 0 Å². The van der Waals surface area contributed by atoms with Crippen LogP contribution in [-0.4, -0.2) is 22.6 Å². The highest BCUT2D eigenvalue weighted by Crippen LogP contribution is 2.27. The Morgan fingerprint density at radius 1 is 1.50 bits per heavy atom. The summed E-state index contributed by atoms with van der Waals surface area (Å²) in [6.07, 6.45) is 3.07. The maximum absolute atomic E-state index is 11.9. The molecule has 94 valence electrons. The minimum absolute atomic E-state index is 0.240. The van der Waals surface area contributed by atoms with Crippen LogP contribution in [-0.2, 0) is 7.05 Å². The standard InChI is InChI=1S/C12H12ClN3O2/c1-16-7-14-6-10(16)12(17)15-8-3-4-11(18-2)9(13)5-8/h3-7H,1-2H3,(H,15,17). The van der Waals surface area contributed by atoms with E-state index in [1.54, 1.807) is 36.1 Å². The number of rotatable bonds is 3. The summed E-state index contributed by atoms with van der Waals surface area (Å²) in [5.41, 5.74) is 1.08. The van der Waals surface area contributed by atoms with Crippen molar-refractivity contribution in [3.63, 3.8) is 0 Å². The normalized spacial score (nSPS) is 10.2. The number of anilines is 1. The molecule has 0 aliphatic heterocycles. The highest BCUT2D eigenvalue weighted by atomic mass is 35.5. The second-order valence-electron chi connectivity index (χ2n) is 3.69. The third kappa shape index (κ3) is 2.46. The van der Waals surface area contributed by atoms with Crippen molar-refractivity contribution >= 4 is 23.2 Å². The van der Waals surface area contributed by atoms with E-state index in [-0.39, 0.29) is 5.91 Å². The zero-order chi connectivity index (χ0) is 13.1. The summed E-state index contributed by atoms with van der Waals surface area (Å²) in [5, 5.41) is 3.18. The Hall–Kier alpha value is -2.01. The van der Waals surface area contributed by atoms with E-state index in [2.05, 4.69) is 10.3 Å². The van der Waals surface area contributed by atoms with Crippen molar-refractivity contribution in [3.8, 4) is 5.75 Å². The number of carbonyl (C=O) groups is 1. The lowest BCUT2D eigenvalue weighted by Gasteiger charge is -2.08. The molecule has 0 unspecified atom stereocenters. The summed E-state index contributed by atoms with van der Waals surface area (Å²) in [4.78, 5) is 15.8. The van der Waals surface area contributed by atoms with Crippen LogP contribution in [0.5, 0.6) is 5.75 Å². The number of ether oxygens (including phenoxy) is 1. The number of amides is 1. The molecule has 2 aromatic rings. The van der Waals surface area contributed by atoms with E-state index in [1.807, 2.05) is 0 Å². The van der Waals surface area contributed by atoms with E-state index < -0.39 is 0 Å². The maximum atomic E-state index is 11.9. The number of halogens is 1. The van der Waals surface area contributed by atoms with Crippen LogP contribution in [0, 0.1) is 0 Å². The van der Waals surface area contributed by atoms with Crippen molar-refractivity contribution in [2.75, 3.05) is 12.4 Å². The third-order valence-electron chi connectivity index (χ3n) is 2.46. The van der Waals surface area contributed by atoms with Crippen molar-refractivity contribution in [3.05, 3.63) is 41.4 Å². The van der Waals surface area contributed by atoms with Crippen LogP contribution >= 0.6 is 11.6 Å². The number of aryl methyl sites for hydroxylation is 1. The topological polar surface area (TPSA) is 56.1 Å². The van der Waals surface area contributed by atoms with Crippen molar-refractivity contribution in [2.24, 2.45) is 7.05 Å². The van der Waals surface area contributed by atoms with Gasteiger partial charge in [0.1, 0.15) is 11.4 Å². The fourth-order valence-electron chi connectivity index (χ4n) is 1.52. The van der Waals surface area contributed by atoms with Gasteiger partial charge in [-0.15, -0.1) is 0 Å². The SMILES string of the molecule is COc1ccc(NC(=O)c2cncn2C)cc1Cl. The number of nitrogens with one attached hydrogen (secondary N) is 1. The highest BCUT2D eigenvalue weighted by Gasteiger charge is 2.10. The van der Waals surface area contributed by atoms with Gasteiger partial charge in [-0.3, -0.25) is 4.79 Å². The van der Waals surface area contributed by atoms with Crippen molar-refractivity contribution < 1.29 is 9.53 Å². The van der Waals surface area contributed by atoms with Crippen LogP contribution in [0.2, 0.25) is 5.02 Å². The van der Waals surface area contributed by atoms with E-state index in [0.29, 0.717) is 22.2 Å². The van der Waals surface area contributed by atoms with Gasteiger partial charge in [0.25, 0.3) is 5.91 Å². The van der Waals surface area contributed by atoms with Gasteiger partial charge in [0.15, 0.2) is 0 Å². The smallest absolute Gasteiger partial charge is 0.273 e. The van der Waals surface area contributed by atoms with Crippen LogP contribution in [0.15, 0.2) is 30.7 Å². The van der Waals surface area contributed by atoms with Crippen LogP contribution in [0.4, 0.5) is 5.69 Å². The monoisotopic (exact) mass is 265 g/mol. The van der Waals surface area contributed by atoms with Gasteiger partial charge in [0.2, 0.25) is 0 Å². The molecule has 0 atom stereocenters. The Kier molecular flexibility index (Phi) is 3.53. The molecule has 2 rings (SSSR count). The summed E-state index contributed by atoms with van der Waals surface area (Å²) in [7, 11) is 3.29. The van der Waals surface area contributed by atoms with Gasteiger partial charge in [-0.2, -0.15) is 0 Å². The maximum Gasteiger partial charge on any atom is 0.273 e. The number of methoxy groups -OCH3 is 1. The van der Waals surface area contributed by atoms with Crippen molar-refractivity contribution in [1.29, 1.82) is 0 Å². The summed E-state index contributed by atoms with van der Waals surface area (Å²) in [6, 6.07) is 5.05. The summed E-state index contributed by atoms with van der Waals surface area (Å²) >= 11 is 5.98. The molecule has 0 saturated carbocycles. The molecule has 0 fully saturated rings. The second kappa shape index (κ2) is 5.10. The van der Waals surface area contributed by atoms with E-state index in [1.165, 1.54) is 13.3 Å². The van der Waals surface area contributed by atoms with Crippen LogP contribution < -0.4 is 10.1 Å². The zero-order valence-corrected chi connectivity index (χ0v) is 10.7. The van der Waals surface area contributed by atoms with E-state index in [9.17, 15) is 4.79 Å². The molecular weight excluding hydrogens is 254 g/mol. The molecule has 18 heavy (non-hydrogen) atoms. The molecule has 1 heterocycles. The number of imidazole rings is 1. The molecule has 1 amide bonds. The summed E-state index contributed by atoms with van der Waals surface area (Å²) < 4.78 is 6.68. The van der Waals surface area contributed by atoms with E-state index in [0.717, 1.165) is 0 Å². The van der Waals surface area contributed by atoms with Gasteiger partial charge < -0.3 is 14.6 Å². The summed E-state index contributed by atoms with van der Waals surface area (Å²) in [6.45, 7) is 0. The summed E-state index contributed by atoms with van der Waals surface area (Å²) in [5.74, 6) is 0.325. The highest BCUT2D eigenvalue weighted by molar-refractivity contribution is 6.32. The predicted molar refractivity (Wildman–Crippen MR) is 69.2 cm³/mol. The van der Waals surface area contributed by atoms with Gasteiger partial charge in [0, 0.05) is 12.7 Å². The zero-order valence-electron chi connectivity index (χ0n) is 9.98. The average molecular weight is 266 g/mol. The number of carbonyl (C=O) groups excluding carboxylic acids is 1. The van der Waals surface area contributed by atoms with Crippen molar-refractivity contribution in [2.45, 2.75) is 0 Å². The molecule has 5 nitrogen and oxygen atoms in total. The lowest BCUT2D eigenvalue weighted by atomic mass is 10.3. The van der Waals surface area contributed by atoms with Crippen molar-refractivity contribution in [1.82, 2.24) is 9.55 Å². The predicted octanol–water partition coefficient (Wildman–Crippen LogP) is 2.33. The van der Waals surface area contributed by atoms with Crippen LogP contribution in [0.25, 0.3) is 0 Å². The number of hydrogen-bond acceptors (Lipinski definition) is 3. The Morgan fingerprint density at radius 2 is 2.28 bits per heavy atom. The molecular formula is C12H12ClN3O2. The Morgan fingerprint density at radius 3 is 2.83 bits per heavy atom. The first-order valence-corrected chi connectivity index (χ1v) is 5.61. The van der Waals surface area contributed by atoms with Crippen LogP contribution in [0.1, 0.15) is 10.5 Å². The molecule has 1 aromatic carbocycles. The van der Waals surface area contributed by atoms with Gasteiger partial charge in [0.05, 0.1) is 24.7 Å². The minimum Gasteiger partial charge on any atom is -0.495 e. The Balaban J connectivity index is 2.17. The van der Waals surface area contributed by atoms with E-state index in [4.69, 9.17) is 16.3 Å². The first kappa shape index (κ1) is 12.4. The first-order valence-electron chi connectivity index (χ1n) is 5.23. The fourth-order valence-corrected chi connectivity index (χ4v) is 1.77. The number of hydrogen-bond donors (Lipinski definition) is 1. The molecule has 1 N–H and O–H groups in total. The molecule has 0 spiro atoms. The molecule has 0 radical (unpaired) electrons. The lowest BCUT2D eigenvalue weighted by Crippen LogP contribution is -2.15. The fraction of sp³-hybridized carbons (Fsp3) is 0.167. The average Bonchev–Trinajstić information content (AvgIpc) is 2.76. The van der Waals surface area contributed by atoms with Gasteiger partial charge in [-0.25, -0.2) is 4.98 Å². The lowest BCUT2D eigenvalue weighted by molar-refractivity contribution is 0.101. The molecule has 0 saturated heterocycles. The largest absolute Gasteiger partial charge is 0.495 e. The Labute approximate surface area is 109 Å². The number of nitrogens with zero attached hydrogens (tertiary/aromatic N) is 2. The molecule has 0 aliphatic carbocycles. The molecule has 0 bridgehead atoms. The van der Waals surface area contributed by atoms with E-state index >= 15 is 0 Å². The number of aromatic nitrogens is 2. The first-order chi connectivity index (χ1) is 8.61. The van der Waals surface area contributed by atoms with Gasteiger partial charge in [-0.05, 0) is 18.2 Å². The van der Waals surface area contributed by atoms with Gasteiger partial charge in [-0.1, -0.05) is 11.6 Å². The number of benzene rings is 1. The Bertz CT molecular complexity index is 580. The quantitative estimate of drug-likeness (QED) is 0.927. The third-order valence-corrected chi connectivity index (χ3v) is 2.75. The molecule has 0 aliphatic rings. The molecule has 1 aromatic heterocycles. The minimum atomic E-state index is -0.240.